The Labute approximate surface area is 204 Å². The standard InChI is InChI=1S/C25H25NO7S2/c1-18-6-10-21(11-7-18)34(28,29)26-15-14-23-24(26)4-3-5-25(23)32-16-20(27)17-33-35(30,31)22-12-8-19(2)9-13-22/h3-15,20,27H,16-17H2,1-2H3/t20-/m1/s1. The van der Waals surface area contributed by atoms with Crippen molar-refractivity contribution in [3.63, 3.8) is 0 Å². The first kappa shape index (κ1) is 24.9. The second kappa shape index (κ2) is 9.82. The maximum absolute atomic E-state index is 13.1. The van der Waals surface area contributed by atoms with Crippen molar-refractivity contribution in [1.29, 1.82) is 0 Å². The normalized spacial score (nSPS) is 13.1. The highest BCUT2D eigenvalue weighted by atomic mass is 32.2. The van der Waals surface area contributed by atoms with Gasteiger partial charge in [-0.1, -0.05) is 41.5 Å². The molecule has 1 aromatic heterocycles. The first-order valence-corrected chi connectivity index (χ1v) is 13.6. The molecule has 0 radical (unpaired) electrons. The van der Waals surface area contributed by atoms with Gasteiger partial charge in [0.25, 0.3) is 20.1 Å². The van der Waals surface area contributed by atoms with E-state index in [1.807, 2.05) is 13.8 Å². The molecule has 1 atom stereocenters. The maximum Gasteiger partial charge on any atom is 0.297 e. The highest BCUT2D eigenvalue weighted by molar-refractivity contribution is 7.90. The van der Waals surface area contributed by atoms with Gasteiger partial charge in [-0.15, -0.1) is 0 Å². The van der Waals surface area contributed by atoms with Crippen molar-refractivity contribution in [1.82, 2.24) is 3.97 Å². The van der Waals surface area contributed by atoms with E-state index in [9.17, 15) is 21.9 Å². The Bertz CT molecular complexity index is 1540. The molecule has 0 bridgehead atoms. The molecule has 0 amide bonds. The van der Waals surface area contributed by atoms with Crippen LogP contribution >= 0.6 is 0 Å². The lowest BCUT2D eigenvalue weighted by Gasteiger charge is -2.14. The van der Waals surface area contributed by atoms with Crippen molar-refractivity contribution in [2.75, 3.05) is 13.2 Å². The molecule has 0 saturated heterocycles. The van der Waals surface area contributed by atoms with Gasteiger partial charge < -0.3 is 9.84 Å². The number of aryl methyl sites for hydroxylation is 2. The van der Waals surface area contributed by atoms with Gasteiger partial charge >= 0.3 is 0 Å². The van der Waals surface area contributed by atoms with Crippen LogP contribution in [0.15, 0.2) is 88.8 Å². The third-order valence-corrected chi connectivity index (χ3v) is 8.39. The number of aliphatic hydroxyl groups excluding tert-OH is 1. The number of ether oxygens (including phenoxy) is 1. The quantitative estimate of drug-likeness (QED) is 0.339. The zero-order chi connectivity index (χ0) is 25.2. The molecule has 0 aliphatic rings. The Morgan fingerprint density at radius 1 is 0.800 bits per heavy atom. The van der Waals surface area contributed by atoms with E-state index in [0.29, 0.717) is 16.7 Å². The van der Waals surface area contributed by atoms with Gasteiger partial charge in [-0.2, -0.15) is 8.42 Å². The van der Waals surface area contributed by atoms with Crippen molar-refractivity contribution < 1.29 is 30.9 Å². The molecule has 0 aliphatic carbocycles. The summed E-state index contributed by atoms with van der Waals surface area (Å²) in [4.78, 5) is 0.159. The number of aliphatic hydroxyl groups is 1. The largest absolute Gasteiger partial charge is 0.490 e. The van der Waals surface area contributed by atoms with Gasteiger partial charge in [0.2, 0.25) is 0 Å². The summed E-state index contributed by atoms with van der Waals surface area (Å²) in [6, 6.07) is 19.3. The van der Waals surface area contributed by atoms with Crippen LogP contribution in [0.4, 0.5) is 0 Å². The summed E-state index contributed by atoms with van der Waals surface area (Å²) >= 11 is 0. The molecule has 0 unspecified atom stereocenters. The van der Waals surface area contributed by atoms with Gasteiger partial charge in [0.05, 0.1) is 21.9 Å². The molecule has 8 nitrogen and oxygen atoms in total. The van der Waals surface area contributed by atoms with Crippen LogP contribution in [-0.4, -0.2) is 45.2 Å². The Hall–Kier alpha value is -3.18. The van der Waals surface area contributed by atoms with Crippen LogP contribution in [-0.2, 0) is 24.3 Å². The van der Waals surface area contributed by atoms with Crippen molar-refractivity contribution in [2.24, 2.45) is 0 Å². The lowest BCUT2D eigenvalue weighted by Crippen LogP contribution is -2.25. The van der Waals surface area contributed by atoms with Gasteiger partial charge in [-0.05, 0) is 56.3 Å². The van der Waals surface area contributed by atoms with Gasteiger partial charge in [-0.25, -0.2) is 12.4 Å². The van der Waals surface area contributed by atoms with Gasteiger partial charge in [0.1, 0.15) is 18.5 Å². The Kier molecular flexibility index (Phi) is 7.00. The molecular weight excluding hydrogens is 490 g/mol. The summed E-state index contributed by atoms with van der Waals surface area (Å²) in [6.45, 7) is 2.97. The summed E-state index contributed by atoms with van der Waals surface area (Å²) in [5.74, 6) is 0.348. The molecule has 3 aromatic carbocycles. The van der Waals surface area contributed by atoms with Gasteiger partial charge in [0.15, 0.2) is 0 Å². The fourth-order valence-electron chi connectivity index (χ4n) is 3.45. The van der Waals surface area contributed by atoms with E-state index in [4.69, 9.17) is 8.92 Å². The van der Waals surface area contributed by atoms with Gasteiger partial charge in [0, 0.05) is 11.6 Å². The third kappa shape index (κ3) is 5.40. The van der Waals surface area contributed by atoms with E-state index in [0.717, 1.165) is 11.1 Å². The smallest absolute Gasteiger partial charge is 0.297 e. The molecule has 4 rings (SSSR count). The zero-order valence-electron chi connectivity index (χ0n) is 19.2. The number of rotatable bonds is 9. The minimum atomic E-state index is -4.02. The number of benzene rings is 3. The molecule has 1 heterocycles. The Morgan fingerprint density at radius 3 is 2.03 bits per heavy atom. The van der Waals surface area contributed by atoms with Crippen LogP contribution in [0.25, 0.3) is 10.9 Å². The molecule has 184 valence electrons. The summed E-state index contributed by atoms with van der Waals surface area (Å²) in [6.07, 6.45) is 0.212. The minimum Gasteiger partial charge on any atom is -0.490 e. The van der Waals surface area contributed by atoms with Crippen LogP contribution in [0.2, 0.25) is 0 Å². The third-order valence-electron chi connectivity index (χ3n) is 5.39. The molecule has 0 aliphatic heterocycles. The molecule has 0 spiro atoms. The Balaban J connectivity index is 1.46. The first-order valence-electron chi connectivity index (χ1n) is 10.8. The van der Waals surface area contributed by atoms with Crippen molar-refractivity contribution in [3.05, 3.63) is 90.1 Å². The molecule has 4 aromatic rings. The zero-order valence-corrected chi connectivity index (χ0v) is 20.8. The molecular formula is C25H25NO7S2. The van der Waals surface area contributed by atoms with E-state index >= 15 is 0 Å². The molecule has 1 N–H and O–H groups in total. The van der Waals surface area contributed by atoms with Crippen LogP contribution < -0.4 is 4.74 Å². The van der Waals surface area contributed by atoms with E-state index in [-0.39, 0.29) is 16.4 Å². The summed E-state index contributed by atoms with van der Waals surface area (Å²) < 4.78 is 62.6. The SMILES string of the molecule is Cc1ccc(S(=O)(=O)OC[C@H](O)COc2cccc3c2ccn3S(=O)(=O)c2ccc(C)cc2)cc1. The number of hydrogen-bond acceptors (Lipinski definition) is 7. The highest BCUT2D eigenvalue weighted by Gasteiger charge is 2.21. The molecule has 0 saturated carbocycles. The second-order valence-electron chi connectivity index (χ2n) is 8.14. The van der Waals surface area contributed by atoms with Crippen LogP contribution in [0, 0.1) is 13.8 Å². The monoisotopic (exact) mass is 515 g/mol. The number of aromatic nitrogens is 1. The lowest BCUT2D eigenvalue weighted by molar-refractivity contribution is 0.0654. The molecule has 35 heavy (non-hydrogen) atoms. The van der Waals surface area contributed by atoms with Gasteiger partial charge in [-0.3, -0.25) is 4.18 Å². The van der Waals surface area contributed by atoms with Crippen molar-refractivity contribution >= 4 is 31.0 Å². The number of fused-ring (bicyclic) bond motifs is 1. The minimum absolute atomic E-state index is 0.00267. The van der Waals surface area contributed by atoms with Crippen LogP contribution in [0.5, 0.6) is 5.75 Å². The predicted molar refractivity (Wildman–Crippen MR) is 132 cm³/mol. The average molecular weight is 516 g/mol. The topological polar surface area (TPSA) is 112 Å². The lowest BCUT2D eigenvalue weighted by atomic mass is 10.2. The Morgan fingerprint density at radius 2 is 1.40 bits per heavy atom. The highest BCUT2D eigenvalue weighted by Crippen LogP contribution is 2.29. The van der Waals surface area contributed by atoms with Crippen molar-refractivity contribution in [2.45, 2.75) is 29.7 Å². The van der Waals surface area contributed by atoms with E-state index in [2.05, 4.69) is 0 Å². The number of nitrogens with zero attached hydrogens (tertiary/aromatic N) is 1. The maximum atomic E-state index is 13.1. The van der Waals surface area contributed by atoms with Crippen LogP contribution in [0.1, 0.15) is 11.1 Å². The van der Waals surface area contributed by atoms with E-state index < -0.39 is 32.9 Å². The second-order valence-corrected chi connectivity index (χ2v) is 11.6. The van der Waals surface area contributed by atoms with Crippen LogP contribution in [0.3, 0.4) is 0 Å². The van der Waals surface area contributed by atoms with E-state index in [1.165, 1.54) is 22.3 Å². The molecule has 10 heteroatoms. The summed E-state index contributed by atoms with van der Waals surface area (Å²) in [5, 5.41) is 10.8. The van der Waals surface area contributed by atoms with Crippen molar-refractivity contribution in [3.8, 4) is 5.75 Å². The van der Waals surface area contributed by atoms with E-state index in [1.54, 1.807) is 60.7 Å². The molecule has 0 fully saturated rings. The average Bonchev–Trinajstić information content (AvgIpc) is 3.28. The fraction of sp³-hybridized carbons (Fsp3) is 0.200. The summed E-state index contributed by atoms with van der Waals surface area (Å²) in [7, 11) is -7.83. The fourth-order valence-corrected chi connectivity index (χ4v) is 5.74. The predicted octanol–water partition coefficient (Wildman–Crippen LogP) is 3.64. The summed E-state index contributed by atoms with van der Waals surface area (Å²) in [5.41, 5.74) is 2.27. The first-order chi connectivity index (χ1) is 16.6. The number of hydrogen-bond donors (Lipinski definition) is 1.